The Hall–Kier alpha value is -0.0900. The number of ether oxygens (including phenoxy) is 1. The Kier molecular flexibility index (Phi) is 5.06. The first kappa shape index (κ1) is 13.0. The molecule has 2 nitrogen and oxygen atoms in total. The number of benzene rings is 1. The summed E-state index contributed by atoms with van der Waals surface area (Å²) in [7, 11) is 0. The average molecular weight is 293 g/mol. The molecular weight excluding hydrogens is 277 g/mol. The minimum absolute atomic E-state index is 0.182. The van der Waals surface area contributed by atoms with Gasteiger partial charge in [-0.2, -0.15) is 0 Å². The molecule has 0 fully saturated rings. The van der Waals surface area contributed by atoms with Crippen molar-refractivity contribution in [1.82, 2.24) is 0 Å². The summed E-state index contributed by atoms with van der Waals surface area (Å²) in [6, 6.07) is 5.54. The second kappa shape index (κ2) is 5.85. The van der Waals surface area contributed by atoms with Crippen molar-refractivity contribution < 1.29 is 4.74 Å². The topological polar surface area (TPSA) is 35.2 Å². The summed E-state index contributed by atoms with van der Waals surface area (Å²) < 4.78 is 6.32. The van der Waals surface area contributed by atoms with E-state index in [4.69, 9.17) is 22.1 Å². The zero-order valence-corrected chi connectivity index (χ0v) is 11.2. The molecule has 0 aromatic heterocycles. The van der Waals surface area contributed by atoms with E-state index in [1.54, 1.807) is 0 Å². The number of hydrogen-bond donors (Lipinski definition) is 1. The van der Waals surface area contributed by atoms with Crippen LogP contribution in [0.15, 0.2) is 22.7 Å². The molecule has 1 rings (SSSR count). The van der Waals surface area contributed by atoms with Crippen molar-refractivity contribution in [3.63, 3.8) is 0 Å². The molecule has 1 aromatic carbocycles. The van der Waals surface area contributed by atoms with Gasteiger partial charge in [0.1, 0.15) is 0 Å². The third-order valence-corrected chi connectivity index (χ3v) is 3.30. The summed E-state index contributed by atoms with van der Waals surface area (Å²) in [5, 5.41) is 0.664. The van der Waals surface area contributed by atoms with Crippen molar-refractivity contribution in [3.8, 4) is 0 Å². The predicted octanol–water partition coefficient (Wildman–Crippen LogP) is 3.53. The normalized spacial score (nSPS) is 13.2. The summed E-state index contributed by atoms with van der Waals surface area (Å²) in [6.45, 7) is 4.44. The molecule has 15 heavy (non-hydrogen) atoms. The van der Waals surface area contributed by atoms with E-state index in [9.17, 15) is 0 Å². The molecule has 0 saturated carbocycles. The van der Waals surface area contributed by atoms with Crippen molar-refractivity contribution in [1.29, 1.82) is 0 Å². The zero-order valence-electron chi connectivity index (χ0n) is 8.84. The first-order valence-corrected chi connectivity index (χ1v) is 6.00. The maximum atomic E-state index is 6.12. The van der Waals surface area contributed by atoms with Gasteiger partial charge in [0.25, 0.3) is 0 Å². The lowest BCUT2D eigenvalue weighted by Crippen LogP contribution is -2.20. The molecule has 1 atom stereocenters. The van der Waals surface area contributed by atoms with Crippen LogP contribution in [0.5, 0.6) is 0 Å². The summed E-state index contributed by atoms with van der Waals surface area (Å²) in [5.41, 5.74) is 6.89. The quantitative estimate of drug-likeness (QED) is 0.921. The van der Waals surface area contributed by atoms with Gasteiger partial charge in [0.15, 0.2) is 0 Å². The Morgan fingerprint density at radius 3 is 2.73 bits per heavy atom. The van der Waals surface area contributed by atoms with Crippen LogP contribution in [0, 0.1) is 0 Å². The fourth-order valence-corrected chi connectivity index (χ4v) is 1.84. The van der Waals surface area contributed by atoms with Crippen LogP contribution in [0.1, 0.15) is 25.5 Å². The maximum Gasteiger partial charge on any atom is 0.0663 e. The molecule has 2 N–H and O–H groups in total. The highest BCUT2D eigenvalue weighted by Gasteiger charge is 2.12. The van der Waals surface area contributed by atoms with Crippen molar-refractivity contribution >= 4 is 27.5 Å². The first-order chi connectivity index (χ1) is 7.02. The van der Waals surface area contributed by atoms with Gasteiger partial charge in [0.2, 0.25) is 0 Å². The van der Waals surface area contributed by atoms with Crippen LogP contribution in [0.2, 0.25) is 5.02 Å². The minimum atomic E-state index is -0.183. The van der Waals surface area contributed by atoms with Gasteiger partial charge in [-0.1, -0.05) is 23.7 Å². The SMILES string of the molecule is CC(C)OCC(N)c1cccc(Br)c1Cl. The molecule has 0 aliphatic heterocycles. The molecule has 0 heterocycles. The van der Waals surface area contributed by atoms with Gasteiger partial charge >= 0.3 is 0 Å². The lowest BCUT2D eigenvalue weighted by atomic mass is 10.1. The van der Waals surface area contributed by atoms with Crippen LogP contribution in [0.4, 0.5) is 0 Å². The molecule has 0 saturated heterocycles. The van der Waals surface area contributed by atoms with Crippen molar-refractivity contribution in [2.24, 2.45) is 5.73 Å². The second-order valence-corrected chi connectivity index (χ2v) is 4.86. The smallest absolute Gasteiger partial charge is 0.0663 e. The van der Waals surface area contributed by atoms with Gasteiger partial charge in [-0.3, -0.25) is 0 Å². The third kappa shape index (κ3) is 3.76. The number of halogens is 2. The van der Waals surface area contributed by atoms with E-state index in [-0.39, 0.29) is 12.1 Å². The van der Waals surface area contributed by atoms with E-state index in [2.05, 4.69) is 15.9 Å². The van der Waals surface area contributed by atoms with Gasteiger partial charge in [0, 0.05) is 4.47 Å². The van der Waals surface area contributed by atoms with Crippen LogP contribution in [0.25, 0.3) is 0 Å². The fourth-order valence-electron chi connectivity index (χ4n) is 1.19. The lowest BCUT2D eigenvalue weighted by Gasteiger charge is -2.16. The van der Waals surface area contributed by atoms with Crippen LogP contribution in [-0.4, -0.2) is 12.7 Å². The number of hydrogen-bond acceptors (Lipinski definition) is 2. The Bertz CT molecular complexity index is 330. The summed E-state index contributed by atoms with van der Waals surface area (Å²) in [4.78, 5) is 0. The minimum Gasteiger partial charge on any atom is -0.377 e. The molecule has 4 heteroatoms. The highest BCUT2D eigenvalue weighted by Crippen LogP contribution is 2.29. The van der Waals surface area contributed by atoms with E-state index in [0.717, 1.165) is 10.0 Å². The molecule has 0 radical (unpaired) electrons. The summed E-state index contributed by atoms with van der Waals surface area (Å²) >= 11 is 9.49. The van der Waals surface area contributed by atoms with Crippen LogP contribution in [0.3, 0.4) is 0 Å². The molecule has 0 amide bonds. The van der Waals surface area contributed by atoms with Crippen LogP contribution >= 0.6 is 27.5 Å². The molecule has 84 valence electrons. The lowest BCUT2D eigenvalue weighted by molar-refractivity contribution is 0.0683. The highest BCUT2D eigenvalue weighted by molar-refractivity contribution is 9.10. The van der Waals surface area contributed by atoms with E-state index in [1.165, 1.54) is 0 Å². The number of nitrogens with two attached hydrogens (primary N) is 1. The Morgan fingerprint density at radius 2 is 2.13 bits per heavy atom. The maximum absolute atomic E-state index is 6.12. The van der Waals surface area contributed by atoms with Gasteiger partial charge in [-0.25, -0.2) is 0 Å². The largest absolute Gasteiger partial charge is 0.377 e. The van der Waals surface area contributed by atoms with E-state index in [1.807, 2.05) is 32.0 Å². The molecule has 0 aliphatic carbocycles. The predicted molar refractivity (Wildman–Crippen MR) is 67.2 cm³/mol. The molecule has 0 bridgehead atoms. The fraction of sp³-hybridized carbons (Fsp3) is 0.455. The standard InChI is InChI=1S/C11H15BrClNO/c1-7(2)15-6-10(14)8-4-3-5-9(12)11(8)13/h3-5,7,10H,6,14H2,1-2H3. The third-order valence-electron chi connectivity index (χ3n) is 1.99. The average Bonchev–Trinajstić information content (AvgIpc) is 2.18. The van der Waals surface area contributed by atoms with Crippen LogP contribution in [-0.2, 0) is 4.74 Å². The van der Waals surface area contributed by atoms with Crippen molar-refractivity contribution in [2.45, 2.75) is 26.0 Å². The summed E-state index contributed by atoms with van der Waals surface area (Å²) in [6.07, 6.45) is 0.182. The second-order valence-electron chi connectivity index (χ2n) is 3.63. The Labute approximate surface area is 104 Å². The first-order valence-electron chi connectivity index (χ1n) is 4.83. The van der Waals surface area contributed by atoms with Gasteiger partial charge < -0.3 is 10.5 Å². The molecular formula is C11H15BrClNO. The van der Waals surface area contributed by atoms with E-state index >= 15 is 0 Å². The van der Waals surface area contributed by atoms with Crippen molar-refractivity contribution in [2.75, 3.05) is 6.61 Å². The number of rotatable bonds is 4. The Morgan fingerprint density at radius 1 is 1.47 bits per heavy atom. The summed E-state index contributed by atoms with van der Waals surface area (Å²) in [5.74, 6) is 0. The van der Waals surface area contributed by atoms with Gasteiger partial charge in [0.05, 0.1) is 23.8 Å². The van der Waals surface area contributed by atoms with Crippen LogP contribution < -0.4 is 5.73 Å². The molecule has 1 unspecified atom stereocenters. The molecule has 1 aromatic rings. The van der Waals surface area contributed by atoms with Gasteiger partial charge in [-0.15, -0.1) is 0 Å². The van der Waals surface area contributed by atoms with Crippen molar-refractivity contribution in [3.05, 3.63) is 33.3 Å². The van der Waals surface area contributed by atoms with Gasteiger partial charge in [-0.05, 0) is 41.4 Å². The zero-order chi connectivity index (χ0) is 11.4. The molecule has 0 aliphatic rings. The highest BCUT2D eigenvalue weighted by atomic mass is 79.9. The van der Waals surface area contributed by atoms with E-state index < -0.39 is 0 Å². The Balaban J connectivity index is 2.73. The molecule has 0 spiro atoms. The van der Waals surface area contributed by atoms with E-state index in [0.29, 0.717) is 11.6 Å². The monoisotopic (exact) mass is 291 g/mol.